The van der Waals surface area contributed by atoms with Crippen molar-refractivity contribution in [2.45, 2.75) is 58.2 Å². The summed E-state index contributed by atoms with van der Waals surface area (Å²) in [7, 11) is 0. The number of anilines is 1. The lowest BCUT2D eigenvalue weighted by Gasteiger charge is -2.23. The van der Waals surface area contributed by atoms with E-state index in [1.54, 1.807) is 37.3 Å². The molecular formula is C24H29NO5. The van der Waals surface area contributed by atoms with Gasteiger partial charge in [0.15, 0.2) is 6.10 Å². The van der Waals surface area contributed by atoms with Crippen molar-refractivity contribution in [3.63, 3.8) is 0 Å². The predicted octanol–water partition coefficient (Wildman–Crippen LogP) is 4.98. The minimum absolute atomic E-state index is 0.00272. The zero-order valence-electron chi connectivity index (χ0n) is 17.6. The number of carbonyl (C=O) groups is 2. The number of para-hydroxylation sites is 2. The number of rotatable bonds is 8. The van der Waals surface area contributed by atoms with Crippen LogP contribution < -0.4 is 14.8 Å². The molecule has 0 radical (unpaired) electrons. The standard InChI is InChI=1S/C24H29NO5/c1-3-28-22-12-8-7-11-21(22)25-23(26)18-13-15-20(16-14-18)29-17(2)24(27)30-19-9-5-4-6-10-19/h7-8,11-17,19H,3-6,9-10H2,1-2H3,(H,25,26)/t17-/m1/s1. The van der Waals surface area contributed by atoms with E-state index in [1.165, 1.54) is 6.42 Å². The summed E-state index contributed by atoms with van der Waals surface area (Å²) < 4.78 is 16.8. The molecule has 30 heavy (non-hydrogen) atoms. The van der Waals surface area contributed by atoms with Gasteiger partial charge >= 0.3 is 5.97 Å². The second kappa shape index (κ2) is 10.7. The molecule has 3 rings (SSSR count). The molecule has 1 atom stereocenters. The van der Waals surface area contributed by atoms with Crippen LogP contribution in [0, 0.1) is 0 Å². The molecule has 2 aromatic rings. The van der Waals surface area contributed by atoms with Gasteiger partial charge in [-0.2, -0.15) is 0 Å². The van der Waals surface area contributed by atoms with E-state index in [9.17, 15) is 9.59 Å². The molecule has 0 spiro atoms. The van der Waals surface area contributed by atoms with Gasteiger partial charge in [-0.15, -0.1) is 0 Å². The molecule has 160 valence electrons. The summed E-state index contributed by atoms with van der Waals surface area (Å²) in [6, 6.07) is 14.0. The van der Waals surface area contributed by atoms with Gasteiger partial charge in [0, 0.05) is 5.56 Å². The van der Waals surface area contributed by atoms with Crippen LogP contribution in [-0.2, 0) is 9.53 Å². The van der Waals surface area contributed by atoms with Crippen LogP contribution in [0.1, 0.15) is 56.3 Å². The molecule has 1 fully saturated rings. The third kappa shape index (κ3) is 5.99. The first kappa shape index (κ1) is 21.7. The Labute approximate surface area is 177 Å². The van der Waals surface area contributed by atoms with E-state index in [0.29, 0.717) is 29.4 Å². The van der Waals surface area contributed by atoms with Crippen molar-refractivity contribution in [1.29, 1.82) is 0 Å². The molecule has 0 aliphatic heterocycles. The van der Waals surface area contributed by atoms with E-state index in [1.807, 2.05) is 25.1 Å². The summed E-state index contributed by atoms with van der Waals surface area (Å²) in [6.45, 7) is 4.08. The van der Waals surface area contributed by atoms with Crippen LogP contribution in [0.3, 0.4) is 0 Å². The average Bonchev–Trinajstić information content (AvgIpc) is 2.76. The normalized spacial score (nSPS) is 15.1. The van der Waals surface area contributed by atoms with Crippen molar-refractivity contribution in [2.24, 2.45) is 0 Å². The van der Waals surface area contributed by atoms with Crippen molar-refractivity contribution in [1.82, 2.24) is 0 Å². The van der Waals surface area contributed by atoms with Gasteiger partial charge in [0.25, 0.3) is 5.91 Å². The highest BCUT2D eigenvalue weighted by Crippen LogP contribution is 2.25. The summed E-state index contributed by atoms with van der Waals surface area (Å²) in [5, 5.41) is 2.86. The van der Waals surface area contributed by atoms with Gasteiger partial charge in [0.05, 0.1) is 12.3 Å². The molecule has 6 nitrogen and oxygen atoms in total. The van der Waals surface area contributed by atoms with Crippen LogP contribution >= 0.6 is 0 Å². The largest absolute Gasteiger partial charge is 0.492 e. The summed E-state index contributed by atoms with van der Waals surface area (Å²) in [5.74, 6) is 0.530. The predicted molar refractivity (Wildman–Crippen MR) is 115 cm³/mol. The molecule has 0 aromatic heterocycles. The minimum atomic E-state index is -0.704. The number of amides is 1. The molecule has 1 aliphatic carbocycles. The first-order chi connectivity index (χ1) is 14.6. The average molecular weight is 411 g/mol. The molecule has 0 unspecified atom stereocenters. The summed E-state index contributed by atoms with van der Waals surface area (Å²) in [5.41, 5.74) is 1.09. The number of hydrogen-bond donors (Lipinski definition) is 1. The van der Waals surface area contributed by atoms with Gasteiger partial charge in [-0.1, -0.05) is 18.6 Å². The molecule has 2 aromatic carbocycles. The van der Waals surface area contributed by atoms with Gasteiger partial charge in [0.2, 0.25) is 0 Å². The number of esters is 1. The van der Waals surface area contributed by atoms with E-state index in [0.717, 1.165) is 25.7 Å². The maximum absolute atomic E-state index is 12.6. The van der Waals surface area contributed by atoms with Gasteiger partial charge in [-0.05, 0) is 75.9 Å². The van der Waals surface area contributed by atoms with Crippen molar-refractivity contribution in [3.05, 3.63) is 54.1 Å². The molecule has 1 N–H and O–H groups in total. The Hall–Kier alpha value is -3.02. The third-order valence-corrected chi connectivity index (χ3v) is 5.03. The summed E-state index contributed by atoms with van der Waals surface area (Å²) >= 11 is 0. The van der Waals surface area contributed by atoms with E-state index in [4.69, 9.17) is 14.2 Å². The van der Waals surface area contributed by atoms with Gasteiger partial charge in [0.1, 0.15) is 17.6 Å². The number of benzene rings is 2. The smallest absolute Gasteiger partial charge is 0.347 e. The Morgan fingerprint density at radius 2 is 1.73 bits per heavy atom. The molecule has 0 heterocycles. The lowest BCUT2D eigenvalue weighted by atomic mass is 9.98. The van der Waals surface area contributed by atoms with Crippen LogP contribution in [0.2, 0.25) is 0 Å². The third-order valence-electron chi connectivity index (χ3n) is 5.03. The Bertz CT molecular complexity index is 843. The van der Waals surface area contributed by atoms with Crippen LogP contribution in [-0.4, -0.2) is 30.7 Å². The lowest BCUT2D eigenvalue weighted by molar-refractivity contribution is -0.158. The molecule has 0 saturated heterocycles. The van der Waals surface area contributed by atoms with Crippen LogP contribution in [0.4, 0.5) is 5.69 Å². The minimum Gasteiger partial charge on any atom is -0.492 e. The quantitative estimate of drug-likeness (QED) is 0.620. The SMILES string of the molecule is CCOc1ccccc1NC(=O)c1ccc(O[C@H](C)C(=O)OC2CCCCC2)cc1. The maximum Gasteiger partial charge on any atom is 0.347 e. The van der Waals surface area contributed by atoms with Crippen LogP contribution in [0.5, 0.6) is 11.5 Å². The number of hydrogen-bond acceptors (Lipinski definition) is 5. The van der Waals surface area contributed by atoms with Crippen molar-refractivity contribution in [2.75, 3.05) is 11.9 Å². The Kier molecular flexibility index (Phi) is 7.71. The lowest BCUT2D eigenvalue weighted by Crippen LogP contribution is -2.31. The first-order valence-corrected chi connectivity index (χ1v) is 10.6. The van der Waals surface area contributed by atoms with Gasteiger partial charge < -0.3 is 19.5 Å². The fourth-order valence-electron chi connectivity index (χ4n) is 3.43. The zero-order chi connectivity index (χ0) is 21.3. The highest BCUT2D eigenvalue weighted by molar-refractivity contribution is 6.05. The maximum atomic E-state index is 12.6. The van der Waals surface area contributed by atoms with Gasteiger partial charge in [-0.25, -0.2) is 4.79 Å². The van der Waals surface area contributed by atoms with Crippen LogP contribution in [0.25, 0.3) is 0 Å². The highest BCUT2D eigenvalue weighted by Gasteiger charge is 2.23. The van der Waals surface area contributed by atoms with E-state index < -0.39 is 6.10 Å². The van der Waals surface area contributed by atoms with Gasteiger partial charge in [-0.3, -0.25) is 4.79 Å². The first-order valence-electron chi connectivity index (χ1n) is 10.6. The van der Waals surface area contributed by atoms with Crippen molar-refractivity contribution < 1.29 is 23.8 Å². The monoisotopic (exact) mass is 411 g/mol. The highest BCUT2D eigenvalue weighted by atomic mass is 16.6. The number of carbonyl (C=O) groups excluding carboxylic acids is 2. The molecule has 6 heteroatoms. The fourth-order valence-corrected chi connectivity index (χ4v) is 3.43. The summed E-state index contributed by atoms with van der Waals surface area (Å²) in [6.07, 6.45) is 4.56. The molecule has 1 aliphatic rings. The van der Waals surface area contributed by atoms with E-state index in [-0.39, 0.29) is 18.0 Å². The molecule has 0 bridgehead atoms. The molecule has 1 amide bonds. The van der Waals surface area contributed by atoms with Crippen LogP contribution in [0.15, 0.2) is 48.5 Å². The fraction of sp³-hybridized carbons (Fsp3) is 0.417. The zero-order valence-corrected chi connectivity index (χ0v) is 17.6. The molecular weight excluding hydrogens is 382 g/mol. The van der Waals surface area contributed by atoms with E-state index in [2.05, 4.69) is 5.32 Å². The Morgan fingerprint density at radius 1 is 1.03 bits per heavy atom. The van der Waals surface area contributed by atoms with Crippen molar-refractivity contribution in [3.8, 4) is 11.5 Å². The number of nitrogens with one attached hydrogen (secondary N) is 1. The Balaban J connectivity index is 1.55. The second-order valence-corrected chi connectivity index (χ2v) is 7.36. The Morgan fingerprint density at radius 3 is 2.43 bits per heavy atom. The number of ether oxygens (including phenoxy) is 3. The topological polar surface area (TPSA) is 73.9 Å². The molecule has 1 saturated carbocycles. The second-order valence-electron chi connectivity index (χ2n) is 7.36. The van der Waals surface area contributed by atoms with E-state index >= 15 is 0 Å². The summed E-state index contributed by atoms with van der Waals surface area (Å²) in [4.78, 5) is 24.8. The van der Waals surface area contributed by atoms with Crippen molar-refractivity contribution >= 4 is 17.6 Å².